The van der Waals surface area contributed by atoms with Crippen LogP contribution in [0.5, 0.6) is 0 Å². The van der Waals surface area contributed by atoms with Crippen molar-refractivity contribution in [1.29, 1.82) is 0 Å². The van der Waals surface area contributed by atoms with Gasteiger partial charge in [-0.05, 0) is 13.0 Å². The van der Waals surface area contributed by atoms with Crippen LogP contribution in [0.4, 0.5) is 0 Å². The van der Waals surface area contributed by atoms with Gasteiger partial charge in [-0.1, -0.05) is 6.08 Å². The Morgan fingerprint density at radius 1 is 1.38 bits per heavy atom. The van der Waals surface area contributed by atoms with Crippen molar-refractivity contribution in [3.8, 4) is 0 Å². The highest BCUT2D eigenvalue weighted by Gasteiger charge is 2.15. The van der Waals surface area contributed by atoms with Gasteiger partial charge in [0.1, 0.15) is 0 Å². The summed E-state index contributed by atoms with van der Waals surface area (Å²) in [6.07, 6.45) is 3.46. The Morgan fingerprint density at radius 3 is 2.69 bits per heavy atom. The molecule has 1 aliphatic rings. The fourth-order valence-electron chi connectivity index (χ4n) is 1.47. The molecule has 90 valence electrons. The van der Waals surface area contributed by atoms with Gasteiger partial charge in [-0.15, -0.1) is 0 Å². The van der Waals surface area contributed by atoms with E-state index in [1.165, 1.54) is 6.08 Å². The van der Waals surface area contributed by atoms with Crippen molar-refractivity contribution in [2.45, 2.75) is 13.3 Å². The highest BCUT2D eigenvalue weighted by atomic mass is 16.5. The van der Waals surface area contributed by atoms with E-state index >= 15 is 0 Å². The highest BCUT2D eigenvalue weighted by Crippen LogP contribution is 1.99. The Kier molecular flexibility index (Phi) is 5.56. The van der Waals surface area contributed by atoms with E-state index < -0.39 is 0 Å². The number of nitrogens with zero attached hydrogens (tertiary/aromatic N) is 1. The Bertz CT molecular complexity index is 270. The molecule has 0 saturated carbocycles. The SMILES string of the molecule is C/C=C/C(=O)NCCC(=O)N1CCOCC1. The van der Waals surface area contributed by atoms with Crippen LogP contribution in [-0.4, -0.2) is 49.6 Å². The van der Waals surface area contributed by atoms with Crippen molar-refractivity contribution < 1.29 is 14.3 Å². The first-order chi connectivity index (χ1) is 7.74. The number of carbonyl (C=O) groups is 2. The fraction of sp³-hybridized carbons (Fsp3) is 0.636. The molecule has 0 aliphatic carbocycles. The van der Waals surface area contributed by atoms with Gasteiger partial charge in [-0.3, -0.25) is 9.59 Å². The molecule has 5 nitrogen and oxygen atoms in total. The second-order valence-electron chi connectivity index (χ2n) is 3.53. The zero-order valence-electron chi connectivity index (χ0n) is 9.57. The van der Waals surface area contributed by atoms with Crippen LogP contribution in [0.25, 0.3) is 0 Å². The van der Waals surface area contributed by atoms with Crippen LogP contribution >= 0.6 is 0 Å². The van der Waals surface area contributed by atoms with Crippen molar-refractivity contribution >= 4 is 11.8 Å². The third-order valence-electron chi connectivity index (χ3n) is 2.32. The van der Waals surface area contributed by atoms with E-state index in [0.29, 0.717) is 39.3 Å². The molecular formula is C11H18N2O3. The lowest BCUT2D eigenvalue weighted by Crippen LogP contribution is -2.41. The number of morpholine rings is 1. The molecule has 0 atom stereocenters. The predicted octanol–water partition coefficient (Wildman–Crippen LogP) is -0.0724. The van der Waals surface area contributed by atoms with Crippen LogP contribution in [0.2, 0.25) is 0 Å². The van der Waals surface area contributed by atoms with Gasteiger partial charge in [0.15, 0.2) is 0 Å². The van der Waals surface area contributed by atoms with E-state index in [4.69, 9.17) is 4.74 Å². The zero-order valence-corrected chi connectivity index (χ0v) is 9.57. The minimum absolute atomic E-state index is 0.0732. The minimum Gasteiger partial charge on any atom is -0.378 e. The van der Waals surface area contributed by atoms with Crippen LogP contribution < -0.4 is 5.32 Å². The van der Waals surface area contributed by atoms with Crippen LogP contribution in [0.15, 0.2) is 12.2 Å². The third kappa shape index (κ3) is 4.44. The molecule has 5 heteroatoms. The number of rotatable bonds is 4. The maximum atomic E-state index is 11.6. The molecule has 0 spiro atoms. The number of amides is 2. The maximum absolute atomic E-state index is 11.6. The van der Waals surface area contributed by atoms with Crippen LogP contribution in [-0.2, 0) is 14.3 Å². The van der Waals surface area contributed by atoms with Crippen LogP contribution in [0, 0.1) is 0 Å². The van der Waals surface area contributed by atoms with Crippen molar-refractivity contribution in [3.05, 3.63) is 12.2 Å². The van der Waals surface area contributed by atoms with E-state index in [1.54, 1.807) is 17.9 Å². The van der Waals surface area contributed by atoms with Gasteiger partial charge in [-0.25, -0.2) is 0 Å². The largest absolute Gasteiger partial charge is 0.378 e. The summed E-state index contributed by atoms with van der Waals surface area (Å²) in [5, 5.41) is 2.65. The molecule has 2 amide bonds. The molecule has 0 unspecified atom stereocenters. The van der Waals surface area contributed by atoms with E-state index in [-0.39, 0.29) is 11.8 Å². The number of allylic oxidation sites excluding steroid dienone is 1. The van der Waals surface area contributed by atoms with Gasteiger partial charge < -0.3 is 15.0 Å². The Labute approximate surface area is 95.4 Å². The predicted molar refractivity (Wildman–Crippen MR) is 59.8 cm³/mol. The van der Waals surface area contributed by atoms with E-state index in [2.05, 4.69) is 5.32 Å². The van der Waals surface area contributed by atoms with Gasteiger partial charge in [-0.2, -0.15) is 0 Å². The monoisotopic (exact) mass is 226 g/mol. The lowest BCUT2D eigenvalue weighted by Gasteiger charge is -2.26. The third-order valence-corrected chi connectivity index (χ3v) is 2.32. The smallest absolute Gasteiger partial charge is 0.243 e. The van der Waals surface area contributed by atoms with Gasteiger partial charge in [0.25, 0.3) is 0 Å². The summed E-state index contributed by atoms with van der Waals surface area (Å²) in [5.41, 5.74) is 0. The average molecular weight is 226 g/mol. The Hall–Kier alpha value is -1.36. The number of ether oxygens (including phenoxy) is 1. The normalized spacial score (nSPS) is 16.4. The molecular weight excluding hydrogens is 208 g/mol. The van der Waals surface area contributed by atoms with Crippen molar-refractivity contribution in [1.82, 2.24) is 10.2 Å². The fourth-order valence-corrected chi connectivity index (χ4v) is 1.47. The summed E-state index contributed by atoms with van der Waals surface area (Å²) in [7, 11) is 0. The van der Waals surface area contributed by atoms with Gasteiger partial charge in [0.05, 0.1) is 13.2 Å². The van der Waals surface area contributed by atoms with E-state index in [9.17, 15) is 9.59 Å². The number of nitrogens with one attached hydrogen (secondary N) is 1. The first kappa shape index (κ1) is 12.7. The van der Waals surface area contributed by atoms with Crippen molar-refractivity contribution in [2.24, 2.45) is 0 Å². The molecule has 0 radical (unpaired) electrons. The maximum Gasteiger partial charge on any atom is 0.243 e. The second kappa shape index (κ2) is 7.00. The minimum atomic E-state index is -0.155. The zero-order chi connectivity index (χ0) is 11.8. The summed E-state index contributed by atoms with van der Waals surface area (Å²) < 4.78 is 5.15. The standard InChI is InChI=1S/C11H18N2O3/c1-2-3-10(14)12-5-4-11(15)13-6-8-16-9-7-13/h2-3H,4-9H2,1H3,(H,12,14)/b3-2+. The highest BCUT2D eigenvalue weighted by molar-refractivity contribution is 5.87. The van der Waals surface area contributed by atoms with E-state index in [0.717, 1.165) is 0 Å². The number of carbonyl (C=O) groups excluding carboxylic acids is 2. The topological polar surface area (TPSA) is 58.6 Å². The first-order valence-electron chi connectivity index (χ1n) is 5.50. The van der Waals surface area contributed by atoms with Crippen molar-refractivity contribution in [3.63, 3.8) is 0 Å². The second-order valence-corrected chi connectivity index (χ2v) is 3.53. The van der Waals surface area contributed by atoms with E-state index in [1.807, 2.05) is 0 Å². The molecule has 16 heavy (non-hydrogen) atoms. The van der Waals surface area contributed by atoms with Crippen molar-refractivity contribution in [2.75, 3.05) is 32.8 Å². The number of hydrogen-bond acceptors (Lipinski definition) is 3. The van der Waals surface area contributed by atoms with Gasteiger partial charge >= 0.3 is 0 Å². The molecule has 0 aromatic rings. The summed E-state index contributed by atoms with van der Waals surface area (Å²) in [5.74, 6) is -0.0821. The molecule has 0 aromatic heterocycles. The summed E-state index contributed by atoms with van der Waals surface area (Å²) in [6.45, 7) is 4.69. The first-order valence-corrected chi connectivity index (χ1v) is 5.50. The molecule has 1 heterocycles. The lowest BCUT2D eigenvalue weighted by molar-refractivity contribution is -0.135. The number of hydrogen-bond donors (Lipinski definition) is 1. The van der Waals surface area contributed by atoms with Gasteiger partial charge in [0, 0.05) is 26.1 Å². The molecule has 0 aromatic carbocycles. The van der Waals surface area contributed by atoms with Crippen LogP contribution in [0.1, 0.15) is 13.3 Å². The van der Waals surface area contributed by atoms with Crippen LogP contribution in [0.3, 0.4) is 0 Å². The lowest BCUT2D eigenvalue weighted by atomic mass is 10.3. The summed E-state index contributed by atoms with van der Waals surface area (Å²) in [4.78, 5) is 24.5. The summed E-state index contributed by atoms with van der Waals surface area (Å²) in [6, 6.07) is 0. The Morgan fingerprint density at radius 2 is 2.06 bits per heavy atom. The molecule has 1 N–H and O–H groups in total. The molecule has 1 aliphatic heterocycles. The molecule has 1 fully saturated rings. The molecule has 1 rings (SSSR count). The Balaban J connectivity index is 2.16. The molecule has 0 bridgehead atoms. The van der Waals surface area contributed by atoms with Gasteiger partial charge in [0.2, 0.25) is 11.8 Å². The molecule has 1 saturated heterocycles. The summed E-state index contributed by atoms with van der Waals surface area (Å²) >= 11 is 0. The quantitative estimate of drug-likeness (QED) is 0.682. The average Bonchev–Trinajstić information content (AvgIpc) is 2.30.